The molecule has 3 heterocycles. The van der Waals surface area contributed by atoms with Gasteiger partial charge in [-0.15, -0.1) is 0 Å². The highest BCUT2D eigenvalue weighted by atomic mass is 16.1. The van der Waals surface area contributed by atoms with Crippen LogP contribution >= 0.6 is 0 Å². The van der Waals surface area contributed by atoms with Crippen molar-refractivity contribution in [2.45, 2.75) is 59.7 Å². The molecule has 2 N–H and O–H groups in total. The lowest BCUT2D eigenvalue weighted by atomic mass is 9.94. The second-order valence-corrected chi connectivity index (χ2v) is 13.3. The summed E-state index contributed by atoms with van der Waals surface area (Å²) in [6.07, 6.45) is 3.84. The number of piperidine rings is 1. The van der Waals surface area contributed by atoms with E-state index < -0.39 is 0 Å². The van der Waals surface area contributed by atoms with Crippen molar-refractivity contribution in [1.82, 2.24) is 25.0 Å². The number of H-pyrrole nitrogens is 1. The molecule has 0 atom stereocenters. The summed E-state index contributed by atoms with van der Waals surface area (Å²) in [5, 5.41) is 3.08. The number of aryl methyl sites for hydroxylation is 2. The van der Waals surface area contributed by atoms with Crippen LogP contribution in [0.2, 0.25) is 0 Å². The van der Waals surface area contributed by atoms with Crippen molar-refractivity contribution >= 4 is 11.6 Å². The van der Waals surface area contributed by atoms with Gasteiger partial charge in [-0.2, -0.15) is 0 Å². The molecule has 0 spiro atoms. The number of nitrogens with one attached hydrogen (secondary N) is 2. The predicted molar refractivity (Wildman–Crippen MR) is 194 cm³/mol. The molecule has 0 saturated carbocycles. The van der Waals surface area contributed by atoms with Gasteiger partial charge in [-0.25, -0.2) is 0 Å². The number of allylic oxidation sites excluding steroid dienone is 1. The molecule has 0 radical (unpaired) electrons. The van der Waals surface area contributed by atoms with Crippen LogP contribution in [0.3, 0.4) is 0 Å². The van der Waals surface area contributed by atoms with Crippen molar-refractivity contribution in [3.63, 3.8) is 0 Å². The van der Waals surface area contributed by atoms with E-state index in [9.17, 15) is 9.59 Å². The fourth-order valence-electron chi connectivity index (χ4n) is 7.10. The minimum Gasteiger partial charge on any atom is -0.372 e. The van der Waals surface area contributed by atoms with Gasteiger partial charge in [-0.3, -0.25) is 14.5 Å². The van der Waals surface area contributed by atoms with Crippen LogP contribution in [0.5, 0.6) is 0 Å². The van der Waals surface area contributed by atoms with E-state index >= 15 is 0 Å². The minimum atomic E-state index is -0.174. The number of aromatic amines is 1. The molecule has 0 aliphatic carbocycles. The maximum atomic E-state index is 14.0. The monoisotopic (exact) mass is 636 g/mol. The SMILES string of the molecule is C=CC(=C)N1CCC(N(CC)c2cc(-c3cccc(CN4CCN(C)CC4)c3)cc(C(=O)NCc3c(C)cc(C)[nH]c3=O)c2C)CC1. The van der Waals surface area contributed by atoms with Gasteiger partial charge in [0.05, 0.1) is 0 Å². The van der Waals surface area contributed by atoms with Crippen LogP contribution in [0.25, 0.3) is 11.1 Å². The molecule has 2 aromatic carbocycles. The van der Waals surface area contributed by atoms with E-state index in [0.29, 0.717) is 17.2 Å². The Morgan fingerprint density at radius 1 is 1.02 bits per heavy atom. The van der Waals surface area contributed by atoms with E-state index in [1.54, 1.807) is 0 Å². The summed E-state index contributed by atoms with van der Waals surface area (Å²) in [5.74, 6) is -0.174. The molecule has 0 unspecified atom stereocenters. The Bertz CT molecular complexity index is 1660. The van der Waals surface area contributed by atoms with E-state index in [2.05, 4.69) is 94.3 Å². The number of pyridine rings is 1. The lowest BCUT2D eigenvalue weighted by Crippen LogP contribution is -2.44. The Morgan fingerprint density at radius 3 is 2.40 bits per heavy atom. The Hall–Kier alpha value is -4.14. The van der Waals surface area contributed by atoms with Crippen molar-refractivity contribution in [2.24, 2.45) is 0 Å². The molecule has 1 amide bonds. The summed E-state index contributed by atoms with van der Waals surface area (Å²) < 4.78 is 0. The smallest absolute Gasteiger partial charge is 0.253 e. The number of carbonyl (C=O) groups is 1. The zero-order chi connectivity index (χ0) is 33.7. The summed E-state index contributed by atoms with van der Waals surface area (Å²) in [6, 6.07) is 15.3. The molecule has 5 rings (SSSR count). The van der Waals surface area contributed by atoms with E-state index in [1.807, 2.05) is 32.1 Å². The van der Waals surface area contributed by atoms with Crippen molar-refractivity contribution in [3.8, 4) is 11.1 Å². The summed E-state index contributed by atoms with van der Waals surface area (Å²) in [5.41, 5.74) is 9.16. The standard InChI is InChI=1S/C39H52N6O2/c1-8-29(5)44-15-13-34(14-16-44)45(9-2)37-24-33(32-12-10-11-31(22-32)26-43-19-17-42(7)18-20-43)23-35(30(37)6)38(46)40-25-36-27(3)21-28(4)41-39(36)47/h8,10-12,21-24,34H,1,5,9,13-20,25-26H2,2-4,6-7H3,(H,40,46)(H,41,47). The summed E-state index contributed by atoms with van der Waals surface area (Å²) in [4.78, 5) is 39.2. The van der Waals surface area contributed by atoms with E-state index in [0.717, 1.165) is 105 Å². The van der Waals surface area contributed by atoms with Crippen LogP contribution in [0, 0.1) is 20.8 Å². The van der Waals surface area contributed by atoms with E-state index in [1.165, 1.54) is 5.56 Å². The Kier molecular flexibility index (Phi) is 11.0. The number of carbonyl (C=O) groups excluding carboxylic acids is 1. The van der Waals surface area contributed by atoms with Gasteiger partial charge in [0.1, 0.15) is 0 Å². The van der Waals surface area contributed by atoms with Crippen LogP contribution < -0.4 is 15.8 Å². The Morgan fingerprint density at radius 2 is 1.74 bits per heavy atom. The van der Waals surface area contributed by atoms with Gasteiger partial charge in [0.2, 0.25) is 0 Å². The normalized spacial score (nSPS) is 16.2. The number of piperazine rings is 1. The van der Waals surface area contributed by atoms with Crippen LogP contribution in [0.4, 0.5) is 5.69 Å². The molecule has 0 bridgehead atoms. The maximum Gasteiger partial charge on any atom is 0.253 e. The highest BCUT2D eigenvalue weighted by Gasteiger charge is 2.27. The number of aromatic nitrogens is 1. The molecular formula is C39H52N6O2. The van der Waals surface area contributed by atoms with E-state index in [4.69, 9.17) is 0 Å². The number of amides is 1. The molecule has 1 aromatic heterocycles. The van der Waals surface area contributed by atoms with Crippen LogP contribution in [-0.2, 0) is 13.1 Å². The quantitative estimate of drug-likeness (QED) is 0.266. The molecule has 2 saturated heterocycles. The highest BCUT2D eigenvalue weighted by Crippen LogP contribution is 2.35. The van der Waals surface area contributed by atoms with Gasteiger partial charge in [0, 0.05) is 93.1 Å². The molecule has 3 aromatic rings. The average molecular weight is 637 g/mol. The number of rotatable bonds is 11. The second kappa shape index (κ2) is 15.2. The zero-order valence-corrected chi connectivity index (χ0v) is 29.0. The number of anilines is 1. The number of hydrogen-bond donors (Lipinski definition) is 2. The van der Waals surface area contributed by atoms with Gasteiger partial charge in [0.15, 0.2) is 0 Å². The molecule has 8 heteroatoms. The molecule has 2 aliphatic rings. The molecule has 47 heavy (non-hydrogen) atoms. The minimum absolute atomic E-state index is 0.159. The molecule has 2 aliphatic heterocycles. The third-order valence-electron chi connectivity index (χ3n) is 10.0. The van der Waals surface area contributed by atoms with Crippen molar-refractivity contribution in [1.29, 1.82) is 0 Å². The fraction of sp³-hybridized carbons (Fsp3) is 0.436. The number of benzene rings is 2. The second-order valence-electron chi connectivity index (χ2n) is 13.3. The van der Waals surface area contributed by atoms with Gasteiger partial charge in [0.25, 0.3) is 11.5 Å². The predicted octanol–water partition coefficient (Wildman–Crippen LogP) is 5.63. The van der Waals surface area contributed by atoms with Crippen LogP contribution in [-0.4, -0.2) is 84.5 Å². The van der Waals surface area contributed by atoms with Crippen molar-refractivity contribution in [2.75, 3.05) is 57.8 Å². The first-order valence-corrected chi connectivity index (χ1v) is 17.0. The van der Waals surface area contributed by atoms with Crippen molar-refractivity contribution < 1.29 is 4.79 Å². The first-order chi connectivity index (χ1) is 22.6. The number of hydrogen-bond acceptors (Lipinski definition) is 6. The lowest BCUT2D eigenvalue weighted by Gasteiger charge is -2.41. The molecular weight excluding hydrogens is 584 g/mol. The van der Waals surface area contributed by atoms with Gasteiger partial charge >= 0.3 is 0 Å². The molecule has 8 nitrogen and oxygen atoms in total. The Balaban J connectivity index is 1.48. The van der Waals surface area contributed by atoms with Gasteiger partial charge in [-0.05, 0) is 106 Å². The van der Waals surface area contributed by atoms with Gasteiger partial charge in [-0.1, -0.05) is 31.4 Å². The summed E-state index contributed by atoms with van der Waals surface area (Å²) >= 11 is 0. The first kappa shape index (κ1) is 34.2. The highest BCUT2D eigenvalue weighted by molar-refractivity contribution is 5.99. The fourth-order valence-corrected chi connectivity index (χ4v) is 7.10. The first-order valence-electron chi connectivity index (χ1n) is 17.0. The number of likely N-dealkylation sites (tertiary alicyclic amines) is 1. The van der Waals surface area contributed by atoms with Crippen LogP contribution in [0.15, 0.2) is 72.2 Å². The third kappa shape index (κ3) is 8.06. The number of nitrogens with zero attached hydrogens (tertiary/aromatic N) is 4. The third-order valence-corrected chi connectivity index (χ3v) is 10.0. The zero-order valence-electron chi connectivity index (χ0n) is 29.0. The summed E-state index contributed by atoms with van der Waals surface area (Å²) in [6.45, 7) is 24.2. The largest absolute Gasteiger partial charge is 0.372 e. The van der Waals surface area contributed by atoms with E-state index in [-0.39, 0.29) is 18.0 Å². The topological polar surface area (TPSA) is 74.9 Å². The van der Waals surface area contributed by atoms with Gasteiger partial charge < -0.3 is 25.0 Å². The maximum absolute atomic E-state index is 14.0. The molecule has 250 valence electrons. The average Bonchev–Trinajstić information content (AvgIpc) is 3.06. The number of likely N-dealkylation sites (N-methyl/N-ethyl adjacent to an activating group) is 1. The summed E-state index contributed by atoms with van der Waals surface area (Å²) in [7, 11) is 2.18. The Labute approximate surface area is 280 Å². The molecule has 2 fully saturated rings. The lowest BCUT2D eigenvalue weighted by molar-refractivity contribution is 0.0950. The van der Waals surface area contributed by atoms with Crippen LogP contribution in [0.1, 0.15) is 58.1 Å². The van der Waals surface area contributed by atoms with Crippen molar-refractivity contribution in [3.05, 3.63) is 111 Å².